The first-order chi connectivity index (χ1) is 8.06. The number of carbonyl (C=O) groups excluding carboxylic acids is 1. The van der Waals surface area contributed by atoms with Gasteiger partial charge in [0.25, 0.3) is 0 Å². The lowest BCUT2D eigenvalue weighted by atomic mass is 10.0. The van der Waals surface area contributed by atoms with Crippen molar-refractivity contribution in [1.29, 1.82) is 0 Å². The highest BCUT2D eigenvalue weighted by Crippen LogP contribution is 2.10. The van der Waals surface area contributed by atoms with Crippen molar-refractivity contribution in [3.63, 3.8) is 0 Å². The number of carbonyl (C=O) groups is 1. The lowest BCUT2D eigenvalue weighted by molar-refractivity contribution is -0.134. The molecule has 2 N–H and O–H groups in total. The molecule has 1 aromatic rings. The summed E-state index contributed by atoms with van der Waals surface area (Å²) >= 11 is 0. The third kappa shape index (κ3) is 3.85. The maximum absolute atomic E-state index is 12.0. The topological polar surface area (TPSA) is 64.2 Å². The molecule has 0 saturated carbocycles. The quantitative estimate of drug-likeness (QED) is 0.795. The van der Waals surface area contributed by atoms with Crippen LogP contribution in [0.15, 0.2) is 12.4 Å². The van der Waals surface area contributed by atoms with Crippen molar-refractivity contribution < 1.29 is 4.79 Å². The van der Waals surface area contributed by atoms with Crippen molar-refractivity contribution in [3.05, 3.63) is 18.2 Å². The Balaban J connectivity index is 2.49. The number of aryl methyl sites for hydroxylation is 1. The van der Waals surface area contributed by atoms with Crippen LogP contribution in [0, 0.1) is 5.92 Å². The molecule has 0 fully saturated rings. The Morgan fingerprint density at radius 3 is 2.88 bits per heavy atom. The summed E-state index contributed by atoms with van der Waals surface area (Å²) in [5.74, 6) is 1.08. The van der Waals surface area contributed by atoms with Crippen LogP contribution in [0.2, 0.25) is 0 Å². The Morgan fingerprint density at radius 2 is 2.35 bits per heavy atom. The summed E-state index contributed by atoms with van der Waals surface area (Å²) in [6.45, 7) is 3.14. The Hall–Kier alpha value is -1.36. The molecule has 1 heterocycles. The van der Waals surface area contributed by atoms with Gasteiger partial charge in [-0.25, -0.2) is 4.98 Å². The van der Waals surface area contributed by atoms with E-state index < -0.39 is 0 Å². The van der Waals surface area contributed by atoms with Gasteiger partial charge in [-0.1, -0.05) is 6.92 Å². The van der Waals surface area contributed by atoms with Gasteiger partial charge in [-0.15, -0.1) is 0 Å². The van der Waals surface area contributed by atoms with Gasteiger partial charge in [0, 0.05) is 32.4 Å². The molecule has 1 atom stereocenters. The van der Waals surface area contributed by atoms with E-state index >= 15 is 0 Å². The van der Waals surface area contributed by atoms with Gasteiger partial charge in [0.15, 0.2) is 0 Å². The van der Waals surface area contributed by atoms with Crippen LogP contribution >= 0.6 is 0 Å². The standard InChI is InChI=1S/C12H22N4O/c1-10(5-4-6-13)12(17)16(3)9-11-14-7-8-15(11)2/h7-8,10H,4-6,9,13H2,1-3H3. The number of aromatic nitrogens is 2. The second-order valence-electron chi connectivity index (χ2n) is 4.48. The molecule has 0 aromatic carbocycles. The van der Waals surface area contributed by atoms with Crippen LogP contribution in [0.1, 0.15) is 25.6 Å². The van der Waals surface area contributed by atoms with Gasteiger partial charge in [-0.3, -0.25) is 4.79 Å². The van der Waals surface area contributed by atoms with E-state index in [-0.39, 0.29) is 11.8 Å². The first kappa shape index (κ1) is 13.7. The molecule has 96 valence electrons. The Morgan fingerprint density at radius 1 is 1.65 bits per heavy atom. The Kier molecular flexibility index (Phi) is 5.15. The highest BCUT2D eigenvalue weighted by molar-refractivity contribution is 5.78. The molecule has 1 rings (SSSR count). The Bertz CT molecular complexity index is 361. The van der Waals surface area contributed by atoms with Crippen LogP contribution in [-0.2, 0) is 18.4 Å². The fourth-order valence-electron chi connectivity index (χ4n) is 1.76. The number of hydrogen-bond donors (Lipinski definition) is 1. The summed E-state index contributed by atoms with van der Waals surface area (Å²) in [5, 5.41) is 0. The zero-order chi connectivity index (χ0) is 12.8. The van der Waals surface area contributed by atoms with Crippen molar-refractivity contribution in [3.8, 4) is 0 Å². The predicted octanol–water partition coefficient (Wildman–Crippen LogP) is 0.753. The first-order valence-corrected chi connectivity index (χ1v) is 5.97. The smallest absolute Gasteiger partial charge is 0.225 e. The molecule has 5 heteroatoms. The summed E-state index contributed by atoms with van der Waals surface area (Å²) in [7, 11) is 3.74. The summed E-state index contributed by atoms with van der Waals surface area (Å²) in [6, 6.07) is 0. The van der Waals surface area contributed by atoms with Crippen LogP contribution in [0.5, 0.6) is 0 Å². The third-order valence-corrected chi connectivity index (χ3v) is 2.94. The minimum atomic E-state index is 0.0313. The van der Waals surface area contributed by atoms with Gasteiger partial charge in [-0.05, 0) is 19.4 Å². The third-order valence-electron chi connectivity index (χ3n) is 2.94. The fraction of sp³-hybridized carbons (Fsp3) is 0.667. The van der Waals surface area contributed by atoms with Gasteiger partial charge in [0.1, 0.15) is 5.82 Å². The monoisotopic (exact) mass is 238 g/mol. The number of imidazole rings is 1. The van der Waals surface area contributed by atoms with E-state index in [1.165, 1.54) is 0 Å². The van der Waals surface area contributed by atoms with Gasteiger partial charge in [-0.2, -0.15) is 0 Å². The molecule has 0 aliphatic carbocycles. The molecule has 5 nitrogen and oxygen atoms in total. The van der Waals surface area contributed by atoms with Crippen LogP contribution in [0.3, 0.4) is 0 Å². The highest BCUT2D eigenvalue weighted by atomic mass is 16.2. The molecule has 1 aromatic heterocycles. The molecule has 1 unspecified atom stereocenters. The fourth-order valence-corrected chi connectivity index (χ4v) is 1.76. The van der Waals surface area contributed by atoms with Crippen LogP contribution < -0.4 is 5.73 Å². The van der Waals surface area contributed by atoms with Gasteiger partial charge < -0.3 is 15.2 Å². The van der Waals surface area contributed by atoms with E-state index in [0.29, 0.717) is 13.1 Å². The average Bonchev–Trinajstić information content (AvgIpc) is 2.70. The molecule has 17 heavy (non-hydrogen) atoms. The van der Waals surface area contributed by atoms with E-state index in [2.05, 4.69) is 4.98 Å². The van der Waals surface area contributed by atoms with Crippen molar-refractivity contribution in [1.82, 2.24) is 14.5 Å². The minimum absolute atomic E-state index is 0.0313. The molecule has 0 saturated heterocycles. The molecule has 0 spiro atoms. The van der Waals surface area contributed by atoms with E-state index in [1.807, 2.05) is 31.8 Å². The summed E-state index contributed by atoms with van der Waals surface area (Å²) in [6.07, 6.45) is 5.36. The number of amides is 1. The average molecular weight is 238 g/mol. The number of rotatable bonds is 6. The van der Waals surface area contributed by atoms with Crippen molar-refractivity contribution in [2.24, 2.45) is 18.7 Å². The predicted molar refractivity (Wildman–Crippen MR) is 67.1 cm³/mol. The molecule has 1 amide bonds. The largest absolute Gasteiger partial charge is 0.338 e. The molecular formula is C12H22N4O. The number of nitrogens with two attached hydrogens (primary N) is 1. The van der Waals surface area contributed by atoms with Crippen LogP contribution in [0.25, 0.3) is 0 Å². The van der Waals surface area contributed by atoms with Crippen LogP contribution in [-0.4, -0.2) is 34.0 Å². The molecule has 0 bridgehead atoms. The first-order valence-electron chi connectivity index (χ1n) is 5.97. The molecular weight excluding hydrogens is 216 g/mol. The van der Waals surface area contributed by atoms with Gasteiger partial charge in [0.05, 0.1) is 6.54 Å². The second kappa shape index (κ2) is 6.39. The Labute approximate surface area is 103 Å². The van der Waals surface area contributed by atoms with E-state index in [0.717, 1.165) is 18.7 Å². The lowest BCUT2D eigenvalue weighted by Crippen LogP contribution is -2.32. The number of hydrogen-bond acceptors (Lipinski definition) is 3. The minimum Gasteiger partial charge on any atom is -0.338 e. The summed E-state index contributed by atoms with van der Waals surface area (Å²) < 4.78 is 1.92. The maximum atomic E-state index is 12.0. The number of nitrogens with zero attached hydrogens (tertiary/aromatic N) is 3. The van der Waals surface area contributed by atoms with Crippen LogP contribution in [0.4, 0.5) is 0 Å². The van der Waals surface area contributed by atoms with E-state index in [1.54, 1.807) is 11.1 Å². The second-order valence-corrected chi connectivity index (χ2v) is 4.48. The normalized spacial score (nSPS) is 12.5. The molecule has 0 radical (unpaired) electrons. The molecule has 0 aliphatic rings. The zero-order valence-corrected chi connectivity index (χ0v) is 10.9. The van der Waals surface area contributed by atoms with E-state index in [4.69, 9.17) is 5.73 Å². The van der Waals surface area contributed by atoms with Crippen molar-refractivity contribution in [2.75, 3.05) is 13.6 Å². The van der Waals surface area contributed by atoms with Crippen molar-refractivity contribution >= 4 is 5.91 Å². The summed E-state index contributed by atoms with van der Waals surface area (Å²) in [4.78, 5) is 18.0. The SMILES string of the molecule is CC(CCCN)C(=O)N(C)Cc1nccn1C. The van der Waals surface area contributed by atoms with E-state index in [9.17, 15) is 4.79 Å². The van der Waals surface area contributed by atoms with Gasteiger partial charge >= 0.3 is 0 Å². The zero-order valence-electron chi connectivity index (χ0n) is 10.9. The molecule has 0 aliphatic heterocycles. The maximum Gasteiger partial charge on any atom is 0.225 e. The van der Waals surface area contributed by atoms with Crippen molar-refractivity contribution in [2.45, 2.75) is 26.3 Å². The lowest BCUT2D eigenvalue weighted by Gasteiger charge is -2.21. The van der Waals surface area contributed by atoms with Gasteiger partial charge in [0.2, 0.25) is 5.91 Å². The summed E-state index contributed by atoms with van der Waals surface area (Å²) in [5.41, 5.74) is 5.44. The highest BCUT2D eigenvalue weighted by Gasteiger charge is 2.18.